The first-order valence-electron chi connectivity index (χ1n) is 16.3. The Labute approximate surface area is 291 Å². The number of ether oxygens (including phenoxy) is 5. The van der Waals surface area contributed by atoms with Crippen molar-refractivity contribution < 1.29 is 51.2 Å². The number of hydrogen-bond donors (Lipinski definition) is 0. The van der Waals surface area contributed by atoms with Crippen LogP contribution in [0.15, 0.2) is 84.9 Å². The molecule has 0 aromatic heterocycles. The summed E-state index contributed by atoms with van der Waals surface area (Å²) >= 11 is 0. The molecule has 11 nitrogen and oxygen atoms in total. The monoisotopic (exact) mass is 705 g/mol. The summed E-state index contributed by atoms with van der Waals surface area (Å²) in [5, 5.41) is 9.29. The van der Waals surface area contributed by atoms with Crippen LogP contribution in [-0.4, -0.2) is 72.3 Å². The Morgan fingerprint density at radius 3 is 2.25 bits per heavy atom. The van der Waals surface area contributed by atoms with E-state index in [0.29, 0.717) is 54.9 Å². The normalized spacial score (nSPS) is 18.3. The van der Waals surface area contributed by atoms with E-state index in [2.05, 4.69) is 4.90 Å². The first-order valence-corrected chi connectivity index (χ1v) is 16.3. The highest BCUT2D eigenvalue weighted by atomic mass is 19.4. The Morgan fingerprint density at radius 1 is 0.843 bits per heavy atom. The molecule has 3 aromatic carbocycles. The van der Waals surface area contributed by atoms with Crippen LogP contribution in [0.25, 0.3) is 11.1 Å². The van der Waals surface area contributed by atoms with Gasteiger partial charge in [-0.15, -0.1) is 0 Å². The number of nitrogens with zero attached hydrogens (tertiary/aromatic N) is 3. The molecule has 0 radical (unpaired) electrons. The van der Waals surface area contributed by atoms with Gasteiger partial charge in [0, 0.05) is 51.2 Å². The van der Waals surface area contributed by atoms with Crippen LogP contribution in [0.1, 0.15) is 41.5 Å². The molecule has 2 saturated heterocycles. The lowest BCUT2D eigenvalue weighted by molar-refractivity contribution is -0.320. The highest BCUT2D eigenvalue weighted by Crippen LogP contribution is 2.48. The molecule has 0 saturated carbocycles. The summed E-state index contributed by atoms with van der Waals surface area (Å²) in [7, 11) is 0. The molecular weight excluding hydrogens is 671 g/mol. The van der Waals surface area contributed by atoms with Gasteiger partial charge >= 0.3 is 30.1 Å². The second-order valence-electron chi connectivity index (χ2n) is 12.3. The summed E-state index contributed by atoms with van der Waals surface area (Å²) in [6.45, 7) is 1.49. The van der Waals surface area contributed by atoms with Crippen LogP contribution < -0.4 is 0 Å². The van der Waals surface area contributed by atoms with Gasteiger partial charge in [-0.2, -0.15) is 18.4 Å². The van der Waals surface area contributed by atoms with Gasteiger partial charge in [0.25, 0.3) is 0 Å². The predicted octanol–water partition coefficient (Wildman–Crippen LogP) is 5.92. The third-order valence-electron chi connectivity index (χ3n) is 9.02. The third kappa shape index (κ3) is 7.75. The highest BCUT2D eigenvalue weighted by molar-refractivity contribution is 5.94. The van der Waals surface area contributed by atoms with Gasteiger partial charge in [-0.25, -0.2) is 19.3 Å². The lowest BCUT2D eigenvalue weighted by Crippen LogP contribution is -2.66. The maximum Gasteiger partial charge on any atom is 0.418 e. The molecular formula is C37H34F3N3O8. The largest absolute Gasteiger partial charge is 0.432 e. The van der Waals surface area contributed by atoms with E-state index >= 15 is 0 Å². The van der Waals surface area contributed by atoms with Gasteiger partial charge in [0.1, 0.15) is 6.73 Å². The lowest BCUT2D eigenvalue weighted by atomic mass is 9.87. The van der Waals surface area contributed by atoms with E-state index in [1.54, 1.807) is 18.2 Å². The van der Waals surface area contributed by atoms with Crippen molar-refractivity contribution in [2.45, 2.75) is 50.2 Å². The van der Waals surface area contributed by atoms with Crippen molar-refractivity contribution in [1.82, 2.24) is 9.80 Å². The second kappa shape index (κ2) is 14.9. The Bertz CT molecular complexity index is 1810. The highest BCUT2D eigenvalue weighted by Gasteiger charge is 2.72. The van der Waals surface area contributed by atoms with E-state index in [9.17, 15) is 32.8 Å². The van der Waals surface area contributed by atoms with Crippen LogP contribution in [0.2, 0.25) is 0 Å². The molecule has 51 heavy (non-hydrogen) atoms. The summed E-state index contributed by atoms with van der Waals surface area (Å²) in [5.74, 6) is -3.93. The first kappa shape index (κ1) is 35.6. The maximum atomic E-state index is 13.5. The predicted molar refractivity (Wildman–Crippen MR) is 173 cm³/mol. The number of hydrogen-bond acceptors (Lipinski definition) is 10. The number of benzene rings is 3. The summed E-state index contributed by atoms with van der Waals surface area (Å²) in [6.07, 6.45) is -2.60. The fourth-order valence-corrected chi connectivity index (χ4v) is 6.45. The fraction of sp³-hybridized carbons (Fsp3) is 0.351. The quantitative estimate of drug-likeness (QED) is 0.175. The van der Waals surface area contributed by atoms with Crippen LogP contribution in [0.4, 0.5) is 18.0 Å². The Hall–Kier alpha value is -5.23. The zero-order valence-electron chi connectivity index (χ0n) is 27.4. The van der Waals surface area contributed by atoms with E-state index < -0.39 is 41.3 Å². The van der Waals surface area contributed by atoms with Gasteiger partial charge in [0.15, 0.2) is 0 Å². The summed E-state index contributed by atoms with van der Waals surface area (Å²) in [6, 6.07) is 21.1. The number of likely N-dealkylation sites (tertiary alicyclic amines) is 1. The molecule has 266 valence electrons. The van der Waals surface area contributed by atoms with Gasteiger partial charge < -0.3 is 28.6 Å². The van der Waals surface area contributed by atoms with Crippen LogP contribution in [0, 0.1) is 11.3 Å². The zero-order chi connectivity index (χ0) is 36.1. The number of piperidine rings is 1. The summed E-state index contributed by atoms with van der Waals surface area (Å²) in [5.41, 5.74) is 0.236. The van der Waals surface area contributed by atoms with Gasteiger partial charge in [-0.05, 0) is 52.9 Å². The first-order chi connectivity index (χ1) is 24.5. The average Bonchev–Trinajstić information content (AvgIpc) is 3.21. The average molecular weight is 706 g/mol. The van der Waals surface area contributed by atoms with Crippen LogP contribution in [-0.2, 0) is 52.7 Å². The van der Waals surface area contributed by atoms with Crippen molar-refractivity contribution >= 4 is 18.0 Å². The van der Waals surface area contributed by atoms with Crippen molar-refractivity contribution in [1.29, 1.82) is 5.26 Å². The minimum Gasteiger partial charge on any atom is -0.432 e. The van der Waals surface area contributed by atoms with Gasteiger partial charge in [-0.1, -0.05) is 48.5 Å². The molecule has 0 atom stereocenters. The fourth-order valence-electron chi connectivity index (χ4n) is 6.45. The minimum absolute atomic E-state index is 0.0543. The number of amides is 1. The number of esters is 2. The number of carbonyl (C=O) groups is 3. The Balaban J connectivity index is 1.07. The molecule has 0 unspecified atom stereocenters. The number of alkyl halides is 3. The molecule has 3 aliphatic heterocycles. The minimum atomic E-state index is -4.53. The molecule has 2 fully saturated rings. The molecule has 2 spiro atoms. The van der Waals surface area contributed by atoms with Gasteiger partial charge in [-0.3, -0.25) is 0 Å². The topological polar surface area (TPSA) is 128 Å². The summed E-state index contributed by atoms with van der Waals surface area (Å²) < 4.78 is 69.5. The molecule has 0 aliphatic carbocycles. The molecule has 1 amide bonds. The molecule has 6 rings (SSSR count). The number of nitriles is 1. The molecule has 0 bridgehead atoms. The second-order valence-corrected chi connectivity index (χ2v) is 12.3. The molecule has 0 N–H and O–H groups in total. The van der Waals surface area contributed by atoms with E-state index in [1.807, 2.05) is 36.4 Å². The van der Waals surface area contributed by atoms with Crippen LogP contribution in [0.5, 0.6) is 0 Å². The number of fused-ring (bicyclic) bond motifs is 1. The van der Waals surface area contributed by atoms with E-state index in [4.69, 9.17) is 23.7 Å². The SMILES string of the molecule is N#Cc1cccc(-c2cc(C(F)(F)F)ccc2COCCCN2CCC3(CC2)OC(=O)N(COCc2ccccc2)C32OC(=O)C=CC(=O)O2)c1. The summed E-state index contributed by atoms with van der Waals surface area (Å²) in [4.78, 5) is 41.7. The van der Waals surface area contributed by atoms with Crippen molar-refractivity contribution in [2.24, 2.45) is 0 Å². The van der Waals surface area contributed by atoms with Crippen molar-refractivity contribution in [3.63, 3.8) is 0 Å². The Morgan fingerprint density at radius 2 is 1.57 bits per heavy atom. The smallest absolute Gasteiger partial charge is 0.418 e. The standard InChI is InChI=1S/C37H34F3N3O8/c38-36(39,40)30-11-10-29(31(21-30)28-9-4-8-27(20-28)22-41)24-47-19-5-16-42-17-14-35(15-18-42)37(49-32(44)12-13-33(45)50-37)43(34(46)51-35)25-48-23-26-6-2-1-3-7-26/h1-4,6-13,20-21H,5,14-19,23-25H2. The van der Waals surface area contributed by atoms with Crippen molar-refractivity contribution in [2.75, 3.05) is 33.0 Å². The molecule has 3 aromatic rings. The van der Waals surface area contributed by atoms with Crippen LogP contribution >= 0.6 is 0 Å². The van der Waals surface area contributed by atoms with E-state index in [-0.39, 0.29) is 32.8 Å². The lowest BCUT2D eigenvalue weighted by Gasteiger charge is -2.45. The van der Waals surface area contributed by atoms with Gasteiger partial charge in [0.2, 0.25) is 5.60 Å². The zero-order valence-corrected chi connectivity index (χ0v) is 27.4. The number of carbonyl (C=O) groups excluding carboxylic acids is 3. The number of rotatable bonds is 11. The van der Waals surface area contributed by atoms with E-state index in [1.165, 1.54) is 12.1 Å². The number of halogens is 3. The van der Waals surface area contributed by atoms with Crippen LogP contribution in [0.3, 0.4) is 0 Å². The van der Waals surface area contributed by atoms with Crippen molar-refractivity contribution in [3.8, 4) is 17.2 Å². The molecule has 3 heterocycles. The maximum absolute atomic E-state index is 13.5. The van der Waals surface area contributed by atoms with Gasteiger partial charge in [0.05, 0.1) is 30.4 Å². The third-order valence-corrected chi connectivity index (χ3v) is 9.02. The van der Waals surface area contributed by atoms with Crippen molar-refractivity contribution in [3.05, 3.63) is 107 Å². The van der Waals surface area contributed by atoms with E-state index in [0.717, 1.165) is 34.7 Å². The molecule has 3 aliphatic rings. The molecule has 14 heteroatoms. The Kier molecular flexibility index (Phi) is 10.4.